The van der Waals surface area contributed by atoms with E-state index in [2.05, 4.69) is 17.0 Å². The summed E-state index contributed by atoms with van der Waals surface area (Å²) in [6, 6.07) is 17.2. The van der Waals surface area contributed by atoms with Crippen molar-refractivity contribution in [2.24, 2.45) is 10.1 Å². The third kappa shape index (κ3) is 3.41. The minimum Gasteiger partial charge on any atom is -0.298 e. The summed E-state index contributed by atoms with van der Waals surface area (Å²) in [5, 5.41) is 16.3. The number of thioether (sulfide) groups is 1. The summed E-state index contributed by atoms with van der Waals surface area (Å²) >= 11 is 8.24. The van der Waals surface area contributed by atoms with Gasteiger partial charge in [-0.2, -0.15) is 5.10 Å². The first-order chi connectivity index (χ1) is 15.6. The van der Waals surface area contributed by atoms with E-state index in [1.54, 1.807) is 15.8 Å². The Balaban J connectivity index is 1.71. The van der Waals surface area contributed by atoms with Gasteiger partial charge in [0.25, 0.3) is 5.91 Å². The molecule has 5 rings (SSSR count). The quantitative estimate of drug-likeness (QED) is 0.605. The topological polar surface area (TPSA) is 74.9 Å². The number of nitrogens with one attached hydrogen (secondary N) is 1. The Morgan fingerprint density at radius 1 is 1.19 bits per heavy atom. The van der Waals surface area contributed by atoms with E-state index in [4.69, 9.17) is 21.7 Å². The van der Waals surface area contributed by atoms with Gasteiger partial charge in [0.1, 0.15) is 10.9 Å². The van der Waals surface area contributed by atoms with Crippen LogP contribution in [0.25, 0.3) is 11.4 Å². The van der Waals surface area contributed by atoms with E-state index < -0.39 is 6.17 Å². The van der Waals surface area contributed by atoms with Crippen molar-refractivity contribution < 1.29 is 4.79 Å². The van der Waals surface area contributed by atoms with Crippen LogP contribution < -0.4 is 15.9 Å². The number of rotatable bonds is 4. The van der Waals surface area contributed by atoms with Crippen LogP contribution in [-0.4, -0.2) is 31.6 Å². The van der Waals surface area contributed by atoms with Crippen LogP contribution in [0.5, 0.6) is 0 Å². The smallest absolute Gasteiger partial charge is 0.276 e. The molecule has 0 unspecified atom stereocenters. The summed E-state index contributed by atoms with van der Waals surface area (Å²) in [6.45, 7) is 5.62. The normalized spacial score (nSPS) is 17.1. The van der Waals surface area contributed by atoms with Crippen LogP contribution in [0.15, 0.2) is 77.3 Å². The predicted molar refractivity (Wildman–Crippen MR) is 127 cm³/mol. The highest BCUT2D eigenvalue weighted by molar-refractivity contribution is 8.14. The molecule has 0 saturated heterocycles. The van der Waals surface area contributed by atoms with Crippen molar-refractivity contribution in [1.29, 1.82) is 0 Å². The van der Waals surface area contributed by atoms with E-state index in [0.29, 0.717) is 38.4 Å². The molecule has 0 saturated carbocycles. The predicted octanol–water partition coefficient (Wildman–Crippen LogP) is 2.90. The average molecular weight is 463 g/mol. The van der Waals surface area contributed by atoms with E-state index in [0.717, 1.165) is 10.9 Å². The van der Waals surface area contributed by atoms with Crippen LogP contribution in [-0.2, 0) is 4.79 Å². The van der Waals surface area contributed by atoms with Crippen molar-refractivity contribution in [2.45, 2.75) is 13.1 Å². The second-order valence-corrected chi connectivity index (χ2v) is 8.58. The number of carbonyl (C=O) groups excluding carboxylic acids is 1. The lowest BCUT2D eigenvalue weighted by molar-refractivity contribution is -0.116. The van der Waals surface area contributed by atoms with Crippen molar-refractivity contribution in [3.05, 3.63) is 94.2 Å². The molecular formula is C23H19ClN6OS. The molecule has 3 aromatic rings. The Kier molecular flexibility index (Phi) is 5.32. The Bertz CT molecular complexity index is 1380. The number of amidine groups is 1. The molecule has 9 heteroatoms. The molecule has 0 radical (unpaired) electrons. The van der Waals surface area contributed by atoms with Crippen LogP contribution in [0.2, 0.25) is 5.15 Å². The van der Waals surface area contributed by atoms with Gasteiger partial charge in [0, 0.05) is 11.0 Å². The summed E-state index contributed by atoms with van der Waals surface area (Å²) in [6.07, 6.45) is 1.13. The lowest BCUT2D eigenvalue weighted by Gasteiger charge is -2.33. The van der Waals surface area contributed by atoms with E-state index in [1.807, 2.05) is 61.5 Å². The monoisotopic (exact) mass is 462 g/mol. The molecule has 1 atom stereocenters. The van der Waals surface area contributed by atoms with Crippen LogP contribution >= 0.6 is 23.4 Å². The van der Waals surface area contributed by atoms with Gasteiger partial charge >= 0.3 is 0 Å². The molecule has 7 nitrogen and oxygen atoms in total. The first kappa shape index (κ1) is 20.5. The van der Waals surface area contributed by atoms with E-state index >= 15 is 0 Å². The van der Waals surface area contributed by atoms with Gasteiger partial charge in [0.2, 0.25) is 0 Å². The maximum Gasteiger partial charge on any atom is 0.276 e. The first-order valence-corrected chi connectivity index (χ1v) is 11.4. The maximum atomic E-state index is 13.1. The number of amides is 1. The fraction of sp³-hybridized carbons (Fsp3) is 0.130. The molecule has 1 amide bonds. The number of aromatic nitrogens is 2. The second kappa shape index (κ2) is 8.29. The lowest BCUT2D eigenvalue weighted by atomic mass is 10.1. The van der Waals surface area contributed by atoms with Gasteiger partial charge in [0.05, 0.1) is 22.3 Å². The number of benzene rings is 2. The maximum absolute atomic E-state index is 13.1. The minimum atomic E-state index is -0.629. The molecule has 0 aliphatic carbocycles. The first-order valence-electron chi connectivity index (χ1n) is 9.99. The molecule has 1 N–H and O–H groups in total. The lowest BCUT2D eigenvalue weighted by Crippen LogP contribution is -2.50. The summed E-state index contributed by atoms with van der Waals surface area (Å²) in [4.78, 5) is 18.1. The highest BCUT2D eigenvalue weighted by atomic mass is 35.5. The summed E-state index contributed by atoms with van der Waals surface area (Å²) in [7, 11) is 0. The number of para-hydroxylation sites is 2. The van der Waals surface area contributed by atoms with Crippen molar-refractivity contribution >= 4 is 40.1 Å². The number of carbonyl (C=O) groups is 1. The Morgan fingerprint density at radius 3 is 2.72 bits per heavy atom. The van der Waals surface area contributed by atoms with Crippen molar-refractivity contribution in [3.63, 3.8) is 0 Å². The number of hydrazone groups is 1. The van der Waals surface area contributed by atoms with E-state index in [9.17, 15) is 4.79 Å². The van der Waals surface area contributed by atoms with E-state index in [1.165, 1.54) is 11.8 Å². The summed E-state index contributed by atoms with van der Waals surface area (Å²) < 4.78 is 1.68. The zero-order valence-electron chi connectivity index (χ0n) is 17.2. The number of hydrogen-bond donors (Lipinski definition) is 1. The fourth-order valence-corrected chi connectivity index (χ4v) is 4.72. The molecule has 0 bridgehead atoms. The molecule has 3 heterocycles. The Hall–Kier alpha value is -3.36. The third-order valence-electron chi connectivity index (χ3n) is 5.16. The molecule has 0 fully saturated rings. The SMILES string of the molecule is C=CCSC1=NN2C(=c3ccccc3=N[C@H]2c2c(C)nn(-c3ccccc3)c2Cl)C(=O)N1. The van der Waals surface area contributed by atoms with Crippen LogP contribution in [0, 0.1) is 6.92 Å². The fourth-order valence-electron chi connectivity index (χ4n) is 3.76. The van der Waals surface area contributed by atoms with Gasteiger partial charge in [-0.3, -0.25) is 15.1 Å². The van der Waals surface area contributed by atoms with Crippen molar-refractivity contribution in [3.8, 4) is 5.69 Å². The Morgan fingerprint density at radius 2 is 1.94 bits per heavy atom. The molecule has 2 aliphatic heterocycles. The molecule has 160 valence electrons. The summed E-state index contributed by atoms with van der Waals surface area (Å²) in [5.41, 5.74) is 2.70. The number of halogens is 1. The number of hydrogen-bond acceptors (Lipinski definition) is 6. The number of nitrogens with zero attached hydrogens (tertiary/aromatic N) is 5. The molecule has 32 heavy (non-hydrogen) atoms. The average Bonchev–Trinajstić information content (AvgIpc) is 3.11. The Labute approximate surface area is 193 Å². The van der Waals surface area contributed by atoms with E-state index in [-0.39, 0.29) is 5.91 Å². The van der Waals surface area contributed by atoms with Gasteiger partial charge in [-0.15, -0.1) is 11.7 Å². The molecule has 2 aliphatic rings. The van der Waals surface area contributed by atoms with Crippen LogP contribution in [0.1, 0.15) is 17.4 Å². The molecular weight excluding hydrogens is 444 g/mol. The summed E-state index contributed by atoms with van der Waals surface area (Å²) in [5.74, 6) is 0.384. The third-order valence-corrected chi connectivity index (χ3v) is 6.38. The molecule has 1 aromatic heterocycles. The van der Waals surface area contributed by atoms with Crippen LogP contribution in [0.4, 0.5) is 0 Å². The largest absolute Gasteiger partial charge is 0.298 e. The number of fused-ring (bicyclic) bond motifs is 2. The minimum absolute atomic E-state index is 0.233. The number of aryl methyl sites for hydroxylation is 1. The van der Waals surface area contributed by atoms with Gasteiger partial charge in [-0.1, -0.05) is 65.8 Å². The van der Waals surface area contributed by atoms with Crippen LogP contribution in [0.3, 0.4) is 0 Å². The standard InChI is InChI=1S/C23H19ClN6OS/c1-3-13-32-23-26-22(31)19-16-11-7-8-12-17(16)25-21(30(19)28-23)18-14(2)27-29(20(18)24)15-9-5-4-6-10-15/h3-12,21H,1,13H2,2H3,(H,26,28,31)/t21-/m1/s1. The zero-order chi connectivity index (χ0) is 22.2. The highest BCUT2D eigenvalue weighted by Gasteiger charge is 2.37. The second-order valence-electron chi connectivity index (χ2n) is 7.21. The van der Waals surface area contributed by atoms with Crippen molar-refractivity contribution in [2.75, 3.05) is 5.75 Å². The zero-order valence-corrected chi connectivity index (χ0v) is 18.8. The molecule has 0 spiro atoms. The van der Waals surface area contributed by atoms with Crippen molar-refractivity contribution in [1.82, 2.24) is 20.1 Å². The van der Waals surface area contributed by atoms with Gasteiger partial charge < -0.3 is 0 Å². The molecule has 2 aromatic carbocycles. The van der Waals surface area contributed by atoms with Gasteiger partial charge in [-0.05, 0) is 25.1 Å². The van der Waals surface area contributed by atoms with Gasteiger partial charge in [-0.25, -0.2) is 9.69 Å². The highest BCUT2D eigenvalue weighted by Crippen LogP contribution is 2.37. The van der Waals surface area contributed by atoms with Gasteiger partial charge in [0.15, 0.2) is 11.3 Å².